The number of nitrogens with one attached hydrogen (secondary N) is 1. The zero-order valence-electron chi connectivity index (χ0n) is 11.5. The number of hydrogen-bond acceptors (Lipinski definition) is 4. The summed E-state index contributed by atoms with van der Waals surface area (Å²) >= 11 is 0. The first-order chi connectivity index (χ1) is 8.74. The van der Waals surface area contributed by atoms with Crippen molar-refractivity contribution in [3.63, 3.8) is 0 Å². The molecule has 2 heterocycles. The molecule has 18 heavy (non-hydrogen) atoms. The number of carbonyl (C=O) groups excluding carboxylic acids is 1. The molecule has 4 nitrogen and oxygen atoms in total. The van der Waals surface area contributed by atoms with E-state index in [0.717, 1.165) is 38.9 Å². The third-order valence-electron chi connectivity index (χ3n) is 4.07. The van der Waals surface area contributed by atoms with E-state index in [0.29, 0.717) is 12.5 Å². The summed E-state index contributed by atoms with van der Waals surface area (Å²) in [6.07, 6.45) is 7.43. The number of likely N-dealkylation sites (tertiary alicyclic amines) is 1. The van der Waals surface area contributed by atoms with Gasteiger partial charge in [0, 0.05) is 25.6 Å². The number of hydrogen-bond donors (Lipinski definition) is 1. The minimum Gasteiger partial charge on any atom is -0.462 e. The van der Waals surface area contributed by atoms with Crippen molar-refractivity contribution in [3.05, 3.63) is 0 Å². The molecule has 0 aromatic heterocycles. The molecular formula is C14H26N2O2. The lowest BCUT2D eigenvalue weighted by molar-refractivity contribution is -0.151. The van der Waals surface area contributed by atoms with E-state index < -0.39 is 0 Å². The van der Waals surface area contributed by atoms with E-state index in [-0.39, 0.29) is 12.1 Å². The van der Waals surface area contributed by atoms with Crippen molar-refractivity contribution >= 4 is 5.97 Å². The minimum atomic E-state index is -0.00285. The predicted octanol–water partition coefficient (Wildman–Crippen LogP) is 1.55. The highest BCUT2D eigenvalue weighted by molar-refractivity contribution is 5.69. The SMILES string of the molecule is CN1CCC(OC(=O)CCC2CCCCN2)CC1. The van der Waals surface area contributed by atoms with Crippen LogP contribution in [0.3, 0.4) is 0 Å². The first-order valence-electron chi connectivity index (χ1n) is 7.35. The van der Waals surface area contributed by atoms with Crippen LogP contribution in [0.5, 0.6) is 0 Å². The average molecular weight is 254 g/mol. The molecule has 2 saturated heterocycles. The Labute approximate surface area is 110 Å². The number of rotatable bonds is 4. The van der Waals surface area contributed by atoms with Gasteiger partial charge in [-0.3, -0.25) is 4.79 Å². The van der Waals surface area contributed by atoms with Gasteiger partial charge in [-0.25, -0.2) is 0 Å². The third-order valence-corrected chi connectivity index (χ3v) is 4.07. The van der Waals surface area contributed by atoms with Gasteiger partial charge in [-0.15, -0.1) is 0 Å². The molecule has 1 unspecified atom stereocenters. The monoisotopic (exact) mass is 254 g/mol. The van der Waals surface area contributed by atoms with Crippen LogP contribution in [0.2, 0.25) is 0 Å². The average Bonchev–Trinajstić information content (AvgIpc) is 2.40. The maximum absolute atomic E-state index is 11.8. The Bertz CT molecular complexity index is 257. The Hall–Kier alpha value is -0.610. The molecule has 0 spiro atoms. The molecule has 0 saturated carbocycles. The van der Waals surface area contributed by atoms with Crippen molar-refractivity contribution in [2.75, 3.05) is 26.7 Å². The van der Waals surface area contributed by atoms with E-state index in [2.05, 4.69) is 17.3 Å². The minimum absolute atomic E-state index is 0.00285. The number of piperidine rings is 2. The normalized spacial score (nSPS) is 27.1. The topological polar surface area (TPSA) is 41.6 Å². The highest BCUT2D eigenvalue weighted by Crippen LogP contribution is 2.15. The smallest absolute Gasteiger partial charge is 0.306 e. The second-order valence-electron chi connectivity index (χ2n) is 5.68. The van der Waals surface area contributed by atoms with Gasteiger partial charge in [-0.1, -0.05) is 6.42 Å². The molecule has 0 aromatic rings. The van der Waals surface area contributed by atoms with Gasteiger partial charge in [0.15, 0.2) is 0 Å². The standard InChI is InChI=1S/C14H26N2O2/c1-16-10-7-13(8-11-16)18-14(17)6-5-12-4-2-3-9-15-12/h12-13,15H,2-11H2,1H3. The number of ether oxygens (including phenoxy) is 1. The van der Waals surface area contributed by atoms with E-state index in [1.165, 1.54) is 19.3 Å². The Balaban J connectivity index is 1.59. The summed E-state index contributed by atoms with van der Waals surface area (Å²) < 4.78 is 5.54. The fourth-order valence-electron chi connectivity index (χ4n) is 2.81. The summed E-state index contributed by atoms with van der Waals surface area (Å²) in [4.78, 5) is 14.1. The number of nitrogens with zero attached hydrogens (tertiary/aromatic N) is 1. The van der Waals surface area contributed by atoms with Crippen molar-refractivity contribution in [1.82, 2.24) is 10.2 Å². The van der Waals surface area contributed by atoms with Crippen LogP contribution in [0.1, 0.15) is 44.9 Å². The molecule has 104 valence electrons. The van der Waals surface area contributed by atoms with Gasteiger partial charge < -0.3 is 15.0 Å². The predicted molar refractivity (Wildman–Crippen MR) is 71.5 cm³/mol. The molecule has 1 atom stereocenters. The number of carbonyl (C=O) groups is 1. The second kappa shape index (κ2) is 7.10. The lowest BCUT2D eigenvalue weighted by Crippen LogP contribution is -2.36. The van der Waals surface area contributed by atoms with Crippen LogP contribution < -0.4 is 5.32 Å². The van der Waals surface area contributed by atoms with Gasteiger partial charge in [0.1, 0.15) is 6.10 Å². The van der Waals surface area contributed by atoms with E-state index >= 15 is 0 Å². The van der Waals surface area contributed by atoms with Gasteiger partial charge in [0.25, 0.3) is 0 Å². The molecule has 2 fully saturated rings. The summed E-state index contributed by atoms with van der Waals surface area (Å²) in [5, 5.41) is 3.47. The first-order valence-corrected chi connectivity index (χ1v) is 7.35. The van der Waals surface area contributed by atoms with Gasteiger partial charge in [0.2, 0.25) is 0 Å². The summed E-state index contributed by atoms with van der Waals surface area (Å²) in [5.41, 5.74) is 0. The molecule has 4 heteroatoms. The third kappa shape index (κ3) is 4.58. The second-order valence-corrected chi connectivity index (χ2v) is 5.68. The molecule has 2 aliphatic rings. The van der Waals surface area contributed by atoms with Crippen LogP contribution in [0.25, 0.3) is 0 Å². The number of esters is 1. The van der Waals surface area contributed by atoms with Crippen molar-refractivity contribution < 1.29 is 9.53 Å². The largest absolute Gasteiger partial charge is 0.462 e. The maximum Gasteiger partial charge on any atom is 0.306 e. The van der Waals surface area contributed by atoms with Crippen LogP contribution in [-0.4, -0.2) is 49.7 Å². The van der Waals surface area contributed by atoms with Crippen LogP contribution in [0, 0.1) is 0 Å². The quantitative estimate of drug-likeness (QED) is 0.773. The van der Waals surface area contributed by atoms with Crippen LogP contribution in [0.4, 0.5) is 0 Å². The fourth-order valence-corrected chi connectivity index (χ4v) is 2.81. The van der Waals surface area contributed by atoms with Crippen molar-refractivity contribution in [2.24, 2.45) is 0 Å². The highest BCUT2D eigenvalue weighted by atomic mass is 16.5. The van der Waals surface area contributed by atoms with E-state index in [4.69, 9.17) is 4.74 Å². The zero-order valence-corrected chi connectivity index (χ0v) is 11.5. The van der Waals surface area contributed by atoms with E-state index in [1.807, 2.05) is 0 Å². The molecule has 0 amide bonds. The summed E-state index contributed by atoms with van der Waals surface area (Å²) in [5.74, 6) is -0.00285. The highest BCUT2D eigenvalue weighted by Gasteiger charge is 2.21. The molecule has 0 aromatic carbocycles. The zero-order chi connectivity index (χ0) is 12.8. The summed E-state index contributed by atoms with van der Waals surface area (Å²) in [7, 11) is 2.12. The lowest BCUT2D eigenvalue weighted by Gasteiger charge is -2.29. The fraction of sp³-hybridized carbons (Fsp3) is 0.929. The molecule has 1 N–H and O–H groups in total. The van der Waals surface area contributed by atoms with Crippen molar-refractivity contribution in [2.45, 2.75) is 57.1 Å². The van der Waals surface area contributed by atoms with Gasteiger partial charge in [0.05, 0.1) is 0 Å². The Kier molecular flexibility index (Phi) is 5.45. The molecule has 2 aliphatic heterocycles. The molecule has 2 rings (SSSR count). The van der Waals surface area contributed by atoms with Crippen LogP contribution in [-0.2, 0) is 9.53 Å². The van der Waals surface area contributed by atoms with Gasteiger partial charge in [-0.2, -0.15) is 0 Å². The van der Waals surface area contributed by atoms with E-state index in [9.17, 15) is 4.79 Å². The molecule has 0 radical (unpaired) electrons. The van der Waals surface area contributed by atoms with Crippen molar-refractivity contribution in [3.8, 4) is 0 Å². The van der Waals surface area contributed by atoms with Gasteiger partial charge in [-0.05, 0) is 45.7 Å². The molecule has 0 bridgehead atoms. The molecule has 0 aliphatic carbocycles. The van der Waals surface area contributed by atoms with Gasteiger partial charge >= 0.3 is 5.97 Å². The van der Waals surface area contributed by atoms with Crippen molar-refractivity contribution in [1.29, 1.82) is 0 Å². The van der Waals surface area contributed by atoms with Crippen LogP contribution >= 0.6 is 0 Å². The summed E-state index contributed by atoms with van der Waals surface area (Å²) in [6.45, 7) is 3.19. The maximum atomic E-state index is 11.8. The Morgan fingerprint density at radius 2 is 2.06 bits per heavy atom. The Morgan fingerprint density at radius 3 is 2.72 bits per heavy atom. The summed E-state index contributed by atoms with van der Waals surface area (Å²) in [6, 6.07) is 0.531. The van der Waals surface area contributed by atoms with Crippen LogP contribution in [0.15, 0.2) is 0 Å². The first kappa shape index (κ1) is 13.8. The lowest BCUT2D eigenvalue weighted by atomic mass is 10.0. The van der Waals surface area contributed by atoms with E-state index in [1.54, 1.807) is 0 Å². The molecular weight excluding hydrogens is 228 g/mol. The Morgan fingerprint density at radius 1 is 1.28 bits per heavy atom.